The average molecular weight is 309 g/mol. The summed E-state index contributed by atoms with van der Waals surface area (Å²) in [5.74, 6) is -0.954. The first-order valence-corrected chi connectivity index (χ1v) is 7.14. The first-order chi connectivity index (χ1) is 11.1. The molecule has 23 heavy (non-hydrogen) atoms. The zero-order valence-corrected chi connectivity index (χ0v) is 12.5. The number of nitrogens with zero attached hydrogens (tertiary/aromatic N) is 1. The summed E-state index contributed by atoms with van der Waals surface area (Å²) in [6.07, 6.45) is 1.54. The molecule has 3 N–H and O–H groups in total. The van der Waals surface area contributed by atoms with E-state index in [2.05, 4.69) is 9.97 Å². The van der Waals surface area contributed by atoms with Crippen LogP contribution in [-0.4, -0.2) is 28.5 Å². The number of hydrogen-bond donors (Lipinski definition) is 2. The number of benzene rings is 1. The second kappa shape index (κ2) is 5.92. The summed E-state index contributed by atoms with van der Waals surface area (Å²) in [5, 5.41) is 0.878. The highest BCUT2D eigenvalue weighted by molar-refractivity contribution is 5.96. The highest BCUT2D eigenvalue weighted by atomic mass is 16.5. The molecule has 0 aliphatic heterocycles. The van der Waals surface area contributed by atoms with Crippen molar-refractivity contribution in [3.05, 3.63) is 54.0 Å². The Labute approximate surface area is 132 Å². The molecule has 0 saturated heterocycles. The standard InChI is InChI=1S/C17H15N3O3/c1-2-23-17(22)15-9-12-7-10(3-4-13(12)20-15)11-5-6-19-14(8-11)16(18)21/h3-9,20H,2H2,1H3,(H2,18,21). The molecular formula is C17H15N3O3. The smallest absolute Gasteiger partial charge is 0.354 e. The zero-order valence-electron chi connectivity index (χ0n) is 12.5. The summed E-state index contributed by atoms with van der Waals surface area (Å²) in [5.41, 5.74) is 8.44. The van der Waals surface area contributed by atoms with Crippen LogP contribution in [-0.2, 0) is 4.74 Å². The van der Waals surface area contributed by atoms with Gasteiger partial charge in [-0.2, -0.15) is 0 Å². The minimum absolute atomic E-state index is 0.212. The van der Waals surface area contributed by atoms with Gasteiger partial charge in [0, 0.05) is 17.1 Å². The van der Waals surface area contributed by atoms with Crippen molar-refractivity contribution in [2.75, 3.05) is 6.61 Å². The molecule has 1 amide bonds. The van der Waals surface area contributed by atoms with Crippen LogP contribution >= 0.6 is 0 Å². The Balaban J connectivity index is 2.01. The summed E-state index contributed by atoms with van der Waals surface area (Å²) in [6, 6.07) is 10.9. The fourth-order valence-electron chi connectivity index (χ4n) is 2.38. The van der Waals surface area contributed by atoms with Gasteiger partial charge < -0.3 is 15.5 Å². The third-order valence-electron chi connectivity index (χ3n) is 3.46. The van der Waals surface area contributed by atoms with Gasteiger partial charge >= 0.3 is 5.97 Å². The SMILES string of the molecule is CCOC(=O)c1cc2cc(-c3ccnc(C(N)=O)c3)ccc2[nH]1. The van der Waals surface area contributed by atoms with Gasteiger partial charge in [0.1, 0.15) is 11.4 Å². The van der Waals surface area contributed by atoms with Crippen molar-refractivity contribution < 1.29 is 14.3 Å². The quantitative estimate of drug-likeness (QED) is 0.723. The molecule has 0 fully saturated rings. The van der Waals surface area contributed by atoms with Crippen molar-refractivity contribution in [3.63, 3.8) is 0 Å². The highest BCUT2D eigenvalue weighted by Crippen LogP contribution is 2.25. The van der Waals surface area contributed by atoms with Crippen molar-refractivity contribution in [2.24, 2.45) is 5.73 Å². The van der Waals surface area contributed by atoms with Crippen LogP contribution < -0.4 is 5.73 Å². The molecule has 0 atom stereocenters. The first kappa shape index (κ1) is 14.8. The number of primary amides is 1. The Morgan fingerprint density at radius 2 is 1.96 bits per heavy atom. The van der Waals surface area contributed by atoms with Gasteiger partial charge in [0.2, 0.25) is 0 Å². The topological polar surface area (TPSA) is 98.1 Å². The Bertz CT molecular complexity index is 899. The zero-order chi connectivity index (χ0) is 16.4. The molecule has 1 aromatic carbocycles. The first-order valence-electron chi connectivity index (χ1n) is 7.14. The lowest BCUT2D eigenvalue weighted by atomic mass is 10.0. The highest BCUT2D eigenvalue weighted by Gasteiger charge is 2.11. The van der Waals surface area contributed by atoms with Crippen molar-refractivity contribution in [1.29, 1.82) is 0 Å². The molecule has 0 aliphatic carbocycles. The number of nitrogens with one attached hydrogen (secondary N) is 1. The number of H-pyrrole nitrogens is 1. The van der Waals surface area contributed by atoms with E-state index < -0.39 is 5.91 Å². The van der Waals surface area contributed by atoms with Crippen LogP contribution in [0.25, 0.3) is 22.0 Å². The van der Waals surface area contributed by atoms with Gasteiger partial charge in [0.25, 0.3) is 5.91 Å². The molecule has 3 aromatic rings. The van der Waals surface area contributed by atoms with Crippen molar-refractivity contribution in [2.45, 2.75) is 6.92 Å². The number of ether oxygens (including phenoxy) is 1. The monoisotopic (exact) mass is 309 g/mol. The molecular weight excluding hydrogens is 294 g/mol. The third-order valence-corrected chi connectivity index (χ3v) is 3.46. The maximum Gasteiger partial charge on any atom is 0.354 e. The molecule has 6 nitrogen and oxygen atoms in total. The summed E-state index contributed by atoms with van der Waals surface area (Å²) >= 11 is 0. The Kier molecular flexibility index (Phi) is 3.80. The number of hydrogen-bond acceptors (Lipinski definition) is 4. The molecule has 0 aliphatic rings. The lowest BCUT2D eigenvalue weighted by Gasteiger charge is -2.03. The number of aromatic amines is 1. The number of carbonyl (C=O) groups excluding carboxylic acids is 2. The fourth-order valence-corrected chi connectivity index (χ4v) is 2.38. The number of aromatic nitrogens is 2. The predicted molar refractivity (Wildman–Crippen MR) is 86.0 cm³/mol. The van der Waals surface area contributed by atoms with Gasteiger partial charge in [0.05, 0.1) is 6.61 Å². The van der Waals surface area contributed by atoms with E-state index >= 15 is 0 Å². The van der Waals surface area contributed by atoms with Crippen molar-refractivity contribution in [1.82, 2.24) is 9.97 Å². The molecule has 0 saturated carbocycles. The van der Waals surface area contributed by atoms with E-state index in [9.17, 15) is 9.59 Å². The molecule has 116 valence electrons. The van der Waals surface area contributed by atoms with Crippen LogP contribution in [0.1, 0.15) is 27.9 Å². The number of fused-ring (bicyclic) bond motifs is 1. The predicted octanol–water partition coefficient (Wildman–Crippen LogP) is 2.51. The molecule has 6 heteroatoms. The van der Waals surface area contributed by atoms with Crippen LogP contribution in [0, 0.1) is 0 Å². The van der Waals surface area contributed by atoms with E-state index in [1.54, 1.807) is 31.3 Å². The lowest BCUT2D eigenvalue weighted by Crippen LogP contribution is -2.12. The van der Waals surface area contributed by atoms with Crippen molar-refractivity contribution in [3.8, 4) is 11.1 Å². The second-order valence-corrected chi connectivity index (χ2v) is 5.00. The largest absolute Gasteiger partial charge is 0.461 e. The molecule has 3 rings (SSSR count). The Hall–Kier alpha value is -3.15. The van der Waals surface area contributed by atoms with Gasteiger partial charge in [-0.3, -0.25) is 9.78 Å². The van der Waals surface area contributed by atoms with Gasteiger partial charge in [0.15, 0.2) is 0 Å². The molecule has 0 radical (unpaired) electrons. The normalized spacial score (nSPS) is 10.7. The average Bonchev–Trinajstić information content (AvgIpc) is 2.98. The molecule has 0 unspecified atom stereocenters. The summed E-state index contributed by atoms with van der Waals surface area (Å²) < 4.78 is 4.98. The van der Waals surface area contributed by atoms with Crippen LogP contribution in [0.5, 0.6) is 0 Å². The van der Waals surface area contributed by atoms with Gasteiger partial charge in [-0.05, 0) is 48.4 Å². The lowest BCUT2D eigenvalue weighted by molar-refractivity contribution is 0.0520. The second-order valence-electron chi connectivity index (χ2n) is 5.00. The van der Waals surface area contributed by atoms with Crippen LogP contribution in [0.2, 0.25) is 0 Å². The summed E-state index contributed by atoms with van der Waals surface area (Å²) in [6.45, 7) is 2.09. The van der Waals surface area contributed by atoms with Crippen LogP contribution in [0.15, 0.2) is 42.6 Å². The van der Waals surface area contributed by atoms with E-state index in [0.717, 1.165) is 22.0 Å². The van der Waals surface area contributed by atoms with Crippen LogP contribution in [0.4, 0.5) is 0 Å². The number of carbonyl (C=O) groups is 2. The number of nitrogens with two attached hydrogens (primary N) is 1. The maximum atomic E-state index is 11.8. The van der Waals surface area contributed by atoms with E-state index in [1.807, 2.05) is 18.2 Å². The van der Waals surface area contributed by atoms with E-state index in [0.29, 0.717) is 12.3 Å². The fraction of sp³-hybridized carbons (Fsp3) is 0.118. The summed E-state index contributed by atoms with van der Waals surface area (Å²) in [4.78, 5) is 30.0. The third kappa shape index (κ3) is 2.91. The molecule has 2 aromatic heterocycles. The maximum absolute atomic E-state index is 11.8. The van der Waals surface area contributed by atoms with Crippen LogP contribution in [0.3, 0.4) is 0 Å². The minimum Gasteiger partial charge on any atom is -0.461 e. The molecule has 0 bridgehead atoms. The Morgan fingerprint density at radius 3 is 2.70 bits per heavy atom. The van der Waals surface area contributed by atoms with E-state index in [1.165, 1.54) is 0 Å². The van der Waals surface area contributed by atoms with E-state index in [-0.39, 0.29) is 11.7 Å². The molecule has 2 heterocycles. The minimum atomic E-state index is -0.570. The number of amides is 1. The number of rotatable bonds is 4. The number of pyridine rings is 1. The summed E-state index contributed by atoms with van der Waals surface area (Å²) in [7, 11) is 0. The van der Waals surface area contributed by atoms with Crippen molar-refractivity contribution >= 4 is 22.8 Å². The number of esters is 1. The Morgan fingerprint density at radius 1 is 1.17 bits per heavy atom. The van der Waals surface area contributed by atoms with Gasteiger partial charge in [-0.1, -0.05) is 6.07 Å². The molecule has 0 spiro atoms. The van der Waals surface area contributed by atoms with Gasteiger partial charge in [-0.15, -0.1) is 0 Å². The van der Waals surface area contributed by atoms with Gasteiger partial charge in [-0.25, -0.2) is 4.79 Å². The van der Waals surface area contributed by atoms with E-state index in [4.69, 9.17) is 10.5 Å².